The first-order chi connectivity index (χ1) is 57.6. The van der Waals surface area contributed by atoms with E-state index in [1.165, 1.54) is 9.80 Å². The standard InChI is InChI=1S/C75H113N23O23/c76-74(77)82-25-11-19-47-66(114)84-39-57(100)87-54(37-60(103)104)72(120)93-52(35-45-13-3-1-4-14-45)70(118)91-49(68(116)89-47)17-7-9-23-80-56(99)22-21-51(86-59(102)41-95-27-29-96(42-62(107)108)31-33-98(44-64(111)112)34-32-97(30-28-95)43-63(109)110)65(113)81-24-10-8-18-50-69(117)90-48(20-12-26-83-75(78)79)67(115)85-40-58(101)88-55(38-61(105)106)73(121)94-53(71(119)92-50)36-46-15-5-2-6-16-46/h1-6,13-16,47-55H,7-12,17-44H2,(H,80,99)(H,81,113)(H,84,114)(H,85,115)(H,86,102)(H,87,100)(H,88,101)(H,89,116)(H,90,117)(H,91,118)(H,92,119)(H,93,120)(H,94,121)(H,103,104)(H,105,106)(H,107,108)(H,109,110)(H,111,112)(H4,76,77,82)(H4,78,79,83)/t47?,48-,49-,50-,51?,52?,53+,54-,55-/m0/s1. The summed E-state index contributed by atoms with van der Waals surface area (Å²) in [5.74, 6) is -19.2. The van der Waals surface area contributed by atoms with Gasteiger partial charge in [-0.15, -0.1) is 0 Å². The van der Waals surface area contributed by atoms with E-state index in [-0.39, 0.29) is 168 Å². The molecular weight excluding hydrogens is 1590 g/mol. The van der Waals surface area contributed by atoms with Gasteiger partial charge >= 0.3 is 29.8 Å². The molecule has 0 radical (unpaired) electrons. The van der Waals surface area contributed by atoms with Crippen LogP contribution in [0.3, 0.4) is 0 Å². The highest BCUT2D eigenvalue weighted by Gasteiger charge is 2.37. The van der Waals surface area contributed by atoms with Crippen molar-refractivity contribution in [3.63, 3.8) is 0 Å². The number of aliphatic carboxylic acids is 5. The zero-order valence-electron chi connectivity index (χ0n) is 67.0. The van der Waals surface area contributed by atoms with E-state index in [9.17, 15) is 112 Å². The normalized spacial score (nSPS) is 21.3. The number of carbonyl (C=O) groups excluding carboxylic acids is 13. The Hall–Kier alpha value is -12.7. The molecule has 5 rings (SSSR count). The maximum absolute atomic E-state index is 14.5. The molecule has 2 aromatic rings. The monoisotopic (exact) mass is 1700 g/mol. The van der Waals surface area contributed by atoms with Crippen LogP contribution in [0, 0.1) is 10.8 Å². The van der Waals surface area contributed by atoms with Crippen molar-refractivity contribution in [3.8, 4) is 0 Å². The number of hydrogen-bond donors (Lipinski definition) is 24. The summed E-state index contributed by atoms with van der Waals surface area (Å²) in [5, 5.41) is 102. The largest absolute Gasteiger partial charge is 0.481 e. The van der Waals surface area contributed by atoms with E-state index in [1.54, 1.807) is 70.5 Å². The molecule has 26 N–H and O–H groups in total. The van der Waals surface area contributed by atoms with Gasteiger partial charge in [0, 0.05) is 97.8 Å². The lowest BCUT2D eigenvalue weighted by Crippen LogP contribution is -2.58. The third-order valence-corrected chi connectivity index (χ3v) is 19.4. The van der Waals surface area contributed by atoms with Crippen molar-refractivity contribution in [2.24, 2.45) is 11.5 Å². The zero-order chi connectivity index (χ0) is 88.9. The molecule has 46 nitrogen and oxygen atoms in total. The van der Waals surface area contributed by atoms with Gasteiger partial charge in [0.05, 0.1) is 52.1 Å². The van der Waals surface area contributed by atoms with Gasteiger partial charge in [0.2, 0.25) is 76.8 Å². The lowest BCUT2D eigenvalue weighted by molar-refractivity contribution is -0.141. The van der Waals surface area contributed by atoms with Crippen LogP contribution in [0.15, 0.2) is 60.7 Å². The predicted octanol–water partition coefficient (Wildman–Crippen LogP) is -8.60. The Balaban J connectivity index is 1.41. The second kappa shape index (κ2) is 52.9. The van der Waals surface area contributed by atoms with Crippen molar-refractivity contribution < 1.29 is 112 Å². The van der Waals surface area contributed by atoms with Gasteiger partial charge in [0.15, 0.2) is 11.9 Å². The molecule has 9 atom stereocenters. The summed E-state index contributed by atoms with van der Waals surface area (Å²) in [6, 6.07) is 2.82. The van der Waals surface area contributed by atoms with Crippen LogP contribution in [-0.4, -0.2) is 336 Å². The number of nitrogens with one attached hydrogen (secondary N) is 17. The molecular formula is C75H113N23O23. The smallest absolute Gasteiger partial charge is 0.317 e. The van der Waals surface area contributed by atoms with Crippen LogP contribution in [0.4, 0.5) is 0 Å². The lowest BCUT2D eigenvalue weighted by atomic mass is 10.0. The Labute approximate surface area is 696 Å². The first-order valence-corrected chi connectivity index (χ1v) is 39.6. The fourth-order valence-corrected chi connectivity index (χ4v) is 13.1. The second-order valence-electron chi connectivity index (χ2n) is 29.2. The molecule has 3 aliphatic rings. The van der Waals surface area contributed by atoms with Crippen LogP contribution in [0.5, 0.6) is 0 Å². The fourth-order valence-electron chi connectivity index (χ4n) is 13.1. The van der Waals surface area contributed by atoms with Crippen molar-refractivity contribution in [3.05, 3.63) is 71.8 Å². The molecule has 0 bridgehead atoms. The van der Waals surface area contributed by atoms with Crippen LogP contribution in [-0.2, 0) is 99.1 Å². The number of hydrogen-bond acceptors (Lipinski definition) is 24. The Kier molecular flexibility index (Phi) is 43.3. The van der Waals surface area contributed by atoms with E-state index in [0.29, 0.717) is 11.1 Å². The van der Waals surface area contributed by atoms with Crippen LogP contribution in [0.25, 0.3) is 0 Å². The SMILES string of the molecule is N=C(N)NCCCC1NC(=O)[C@H](CCCCNC(=O)CCC(NC(=O)CN2CCN(CC(=O)O)CCN(CC(=O)O)CCN(CC(=O)O)CC2)C(=O)NCCCC[C@@H]2NC(=O)[C@@H](Cc3ccccc3)NC(=O)[C@H](CC(=O)O)NC(=O)CNC(=O)[C@H](CCCNC(=N)N)NC2=O)NC(=O)C(Cc2ccccc2)NC(=O)[C@H](CC(=O)O)NC(=O)CNC1=O. The number of rotatable bonds is 39. The number of carboxylic acid groups (broad SMARTS) is 5. The van der Waals surface area contributed by atoms with Gasteiger partial charge in [-0.25, -0.2) is 0 Å². The van der Waals surface area contributed by atoms with Crippen molar-refractivity contribution in [2.75, 3.05) is 118 Å². The Morgan fingerprint density at radius 2 is 0.686 bits per heavy atom. The van der Waals surface area contributed by atoms with Gasteiger partial charge in [-0.2, -0.15) is 0 Å². The van der Waals surface area contributed by atoms with Crippen LogP contribution < -0.4 is 91.2 Å². The first-order valence-electron chi connectivity index (χ1n) is 39.6. The average molecular weight is 1700 g/mol. The molecule has 666 valence electrons. The summed E-state index contributed by atoms with van der Waals surface area (Å²) in [6.07, 6.45) is -3.25. The molecule has 0 spiro atoms. The summed E-state index contributed by atoms with van der Waals surface area (Å²) >= 11 is 0. The molecule has 0 saturated carbocycles. The maximum Gasteiger partial charge on any atom is 0.317 e. The van der Waals surface area contributed by atoms with E-state index < -0.39 is 226 Å². The van der Waals surface area contributed by atoms with Gasteiger partial charge in [-0.1, -0.05) is 60.7 Å². The van der Waals surface area contributed by atoms with Crippen molar-refractivity contribution >= 4 is 119 Å². The van der Waals surface area contributed by atoms with E-state index >= 15 is 0 Å². The highest BCUT2D eigenvalue weighted by atomic mass is 16.4. The maximum atomic E-state index is 14.5. The Morgan fingerprint density at radius 3 is 1.04 bits per heavy atom. The number of amides is 13. The molecule has 3 unspecified atom stereocenters. The molecule has 2 aromatic carbocycles. The third-order valence-electron chi connectivity index (χ3n) is 19.4. The lowest BCUT2D eigenvalue weighted by Gasteiger charge is -2.33. The number of carbonyl (C=O) groups is 18. The first kappa shape index (κ1) is 98.9. The number of benzene rings is 2. The van der Waals surface area contributed by atoms with Gasteiger partial charge in [0.25, 0.3) is 0 Å². The van der Waals surface area contributed by atoms with Crippen LogP contribution in [0.2, 0.25) is 0 Å². The van der Waals surface area contributed by atoms with Crippen molar-refractivity contribution in [2.45, 2.75) is 157 Å². The second-order valence-corrected chi connectivity index (χ2v) is 29.2. The van der Waals surface area contributed by atoms with Crippen LogP contribution in [0.1, 0.15) is 101 Å². The number of nitrogens with two attached hydrogens (primary N) is 2. The Bertz CT molecular complexity index is 3890. The predicted molar refractivity (Wildman–Crippen MR) is 428 cm³/mol. The highest BCUT2D eigenvalue weighted by molar-refractivity contribution is 6.00. The molecule has 3 fully saturated rings. The van der Waals surface area contributed by atoms with Gasteiger partial charge < -0.3 is 117 Å². The number of guanidine groups is 2. The van der Waals surface area contributed by atoms with E-state index in [2.05, 4.69) is 79.8 Å². The summed E-state index contributed by atoms with van der Waals surface area (Å²) in [4.78, 5) is 248. The zero-order valence-corrected chi connectivity index (χ0v) is 67.0. The summed E-state index contributed by atoms with van der Waals surface area (Å²) in [5.41, 5.74) is 11.9. The van der Waals surface area contributed by atoms with E-state index in [1.807, 2.05) is 0 Å². The van der Waals surface area contributed by atoms with Crippen molar-refractivity contribution in [1.82, 2.24) is 99.4 Å². The molecule has 0 aliphatic carbocycles. The fraction of sp³-hybridized carbons (Fsp3) is 0.573. The van der Waals surface area contributed by atoms with Gasteiger partial charge in [-0.3, -0.25) is 117 Å². The summed E-state index contributed by atoms with van der Waals surface area (Å²) < 4.78 is 0. The topological polar surface area (TPSA) is 702 Å². The van der Waals surface area contributed by atoms with E-state index in [0.717, 1.165) is 0 Å². The number of unbranched alkanes of at least 4 members (excludes halogenated alkanes) is 2. The number of carboxylic acids is 5. The highest BCUT2D eigenvalue weighted by Crippen LogP contribution is 2.14. The minimum Gasteiger partial charge on any atom is -0.481 e. The molecule has 121 heavy (non-hydrogen) atoms. The molecule has 46 heteroatoms. The van der Waals surface area contributed by atoms with Gasteiger partial charge in [0.1, 0.15) is 54.4 Å². The van der Waals surface area contributed by atoms with Crippen LogP contribution >= 0.6 is 0 Å². The Morgan fingerprint density at radius 1 is 0.372 bits per heavy atom. The third kappa shape index (κ3) is 40.1. The van der Waals surface area contributed by atoms with E-state index in [4.69, 9.17) is 22.3 Å². The minimum atomic E-state index is -1.76. The average Bonchev–Trinajstić information content (AvgIpc) is 1.85. The summed E-state index contributed by atoms with van der Waals surface area (Å²) in [6.45, 7) is -3.24. The quantitative estimate of drug-likeness (QED) is 0.0168. The molecule has 3 aliphatic heterocycles. The molecule has 3 saturated heterocycles. The summed E-state index contributed by atoms with van der Waals surface area (Å²) in [7, 11) is 0. The van der Waals surface area contributed by atoms with Crippen molar-refractivity contribution in [1.29, 1.82) is 10.8 Å². The molecule has 0 aromatic heterocycles. The number of nitrogens with zero attached hydrogens (tertiary/aromatic N) is 4. The minimum absolute atomic E-state index is 0.00100. The molecule has 3 heterocycles. The van der Waals surface area contributed by atoms with Gasteiger partial charge in [-0.05, 0) is 81.8 Å². The molecule has 13 amide bonds.